The topological polar surface area (TPSA) is 57.6 Å². The van der Waals surface area contributed by atoms with Crippen molar-refractivity contribution in [3.8, 4) is 0 Å². The molecule has 1 fully saturated rings. The second kappa shape index (κ2) is 5.57. The van der Waals surface area contributed by atoms with Crippen molar-refractivity contribution >= 4 is 23.2 Å². The van der Waals surface area contributed by atoms with Gasteiger partial charge in [-0.25, -0.2) is 0 Å². The molecule has 1 aromatic heterocycles. The summed E-state index contributed by atoms with van der Waals surface area (Å²) in [5, 5.41) is 11.7. The molecular weight excluding hydrogens is 298 g/mol. The minimum atomic E-state index is -0.998. The van der Waals surface area contributed by atoms with Crippen molar-refractivity contribution in [2.24, 2.45) is 0 Å². The second-order valence-corrected chi connectivity index (χ2v) is 6.58. The maximum Gasteiger partial charge on any atom is 0.316 e. The summed E-state index contributed by atoms with van der Waals surface area (Å²) in [6.07, 6.45) is 0.447. The molecule has 0 aliphatic carbocycles. The van der Waals surface area contributed by atoms with Crippen LogP contribution in [0.3, 0.4) is 0 Å². The lowest BCUT2D eigenvalue weighted by atomic mass is 9.80. The van der Waals surface area contributed by atoms with E-state index in [1.807, 2.05) is 48.7 Å². The average molecular weight is 315 g/mol. The summed E-state index contributed by atoms with van der Waals surface area (Å²) < 4.78 is 0. The Morgan fingerprint density at radius 2 is 1.95 bits per heavy atom. The van der Waals surface area contributed by atoms with Gasteiger partial charge in [-0.2, -0.15) is 0 Å². The van der Waals surface area contributed by atoms with Crippen LogP contribution in [0.15, 0.2) is 41.8 Å². The summed E-state index contributed by atoms with van der Waals surface area (Å²) in [5.74, 6) is -0.927. The van der Waals surface area contributed by atoms with Crippen LogP contribution in [0.1, 0.15) is 27.2 Å². The zero-order valence-corrected chi connectivity index (χ0v) is 13.1. The summed E-state index contributed by atoms with van der Waals surface area (Å²) >= 11 is 1.41. The molecule has 0 bridgehead atoms. The highest BCUT2D eigenvalue weighted by Gasteiger charge is 2.47. The number of aliphatic carboxylic acids is 1. The minimum Gasteiger partial charge on any atom is -0.481 e. The van der Waals surface area contributed by atoms with Crippen molar-refractivity contribution in [2.45, 2.75) is 18.8 Å². The molecule has 1 aromatic carbocycles. The lowest BCUT2D eigenvalue weighted by molar-refractivity contribution is -0.143. The quantitative estimate of drug-likeness (QED) is 0.947. The van der Waals surface area contributed by atoms with E-state index in [-0.39, 0.29) is 12.5 Å². The molecule has 1 aliphatic heterocycles. The molecule has 22 heavy (non-hydrogen) atoms. The Morgan fingerprint density at radius 1 is 1.23 bits per heavy atom. The van der Waals surface area contributed by atoms with Gasteiger partial charge in [0.25, 0.3) is 5.91 Å². The Labute approximate surface area is 133 Å². The first-order chi connectivity index (χ1) is 10.5. The highest BCUT2D eigenvalue weighted by atomic mass is 32.1. The number of carboxylic acid groups (broad SMARTS) is 1. The second-order valence-electron chi connectivity index (χ2n) is 5.66. The number of carboxylic acids is 1. The lowest BCUT2D eigenvalue weighted by Gasteiger charge is -2.25. The van der Waals surface area contributed by atoms with Crippen molar-refractivity contribution in [1.82, 2.24) is 4.90 Å². The summed E-state index contributed by atoms with van der Waals surface area (Å²) in [7, 11) is 0. The number of aryl methyl sites for hydroxylation is 1. The van der Waals surface area contributed by atoms with Crippen LogP contribution in [-0.2, 0) is 10.2 Å². The van der Waals surface area contributed by atoms with Gasteiger partial charge in [-0.05, 0) is 35.9 Å². The fraction of sp³-hybridized carbons (Fsp3) is 0.294. The summed E-state index contributed by atoms with van der Waals surface area (Å²) in [6, 6.07) is 11.1. The summed E-state index contributed by atoms with van der Waals surface area (Å²) in [5.41, 5.74) is 0.713. The Morgan fingerprint density at radius 3 is 2.55 bits per heavy atom. The maximum absolute atomic E-state index is 12.6. The third-order valence-electron chi connectivity index (χ3n) is 4.35. The first-order valence-corrected chi connectivity index (χ1v) is 8.05. The monoisotopic (exact) mass is 315 g/mol. The van der Waals surface area contributed by atoms with E-state index in [2.05, 4.69) is 0 Å². The first kappa shape index (κ1) is 14.8. The van der Waals surface area contributed by atoms with Crippen LogP contribution in [-0.4, -0.2) is 35.0 Å². The molecule has 114 valence electrons. The Kier molecular flexibility index (Phi) is 3.74. The minimum absolute atomic E-state index is 0.0634. The number of likely N-dealkylation sites (tertiary alicyclic amines) is 1. The van der Waals surface area contributed by atoms with Gasteiger partial charge in [0.1, 0.15) is 5.41 Å². The van der Waals surface area contributed by atoms with Crippen molar-refractivity contribution in [3.63, 3.8) is 0 Å². The van der Waals surface area contributed by atoms with Crippen LogP contribution < -0.4 is 0 Å². The van der Waals surface area contributed by atoms with Crippen molar-refractivity contribution in [1.29, 1.82) is 0 Å². The largest absolute Gasteiger partial charge is 0.481 e. The van der Waals surface area contributed by atoms with Crippen LogP contribution in [0, 0.1) is 6.92 Å². The van der Waals surface area contributed by atoms with E-state index in [0.717, 1.165) is 11.1 Å². The normalized spacial score (nSPS) is 21.0. The maximum atomic E-state index is 12.6. The smallest absolute Gasteiger partial charge is 0.316 e. The lowest BCUT2D eigenvalue weighted by Crippen LogP contribution is -2.40. The molecule has 1 saturated heterocycles. The average Bonchev–Trinajstić information content (AvgIpc) is 3.15. The van der Waals surface area contributed by atoms with Crippen LogP contribution in [0.25, 0.3) is 0 Å². The van der Waals surface area contributed by atoms with Gasteiger partial charge in [-0.1, -0.05) is 30.3 Å². The summed E-state index contributed by atoms with van der Waals surface area (Å²) in [4.78, 5) is 26.9. The molecule has 3 rings (SSSR count). The molecule has 1 N–H and O–H groups in total. The van der Waals surface area contributed by atoms with Crippen molar-refractivity contribution in [3.05, 3.63) is 57.8 Å². The zero-order valence-electron chi connectivity index (χ0n) is 12.3. The molecule has 5 heteroatoms. The Bertz CT molecular complexity index is 710. The number of thiophene rings is 1. The fourth-order valence-electron chi connectivity index (χ4n) is 3.01. The number of rotatable bonds is 3. The molecule has 2 heterocycles. The molecule has 0 radical (unpaired) electrons. The molecule has 1 amide bonds. The molecule has 0 spiro atoms. The van der Waals surface area contributed by atoms with Gasteiger partial charge < -0.3 is 10.0 Å². The van der Waals surface area contributed by atoms with E-state index >= 15 is 0 Å². The Balaban J connectivity index is 1.90. The van der Waals surface area contributed by atoms with E-state index in [9.17, 15) is 14.7 Å². The third kappa shape index (κ3) is 2.31. The third-order valence-corrected chi connectivity index (χ3v) is 5.35. The number of nitrogens with zero attached hydrogens (tertiary/aromatic N) is 1. The number of benzene rings is 1. The molecule has 1 aliphatic rings. The molecule has 0 saturated carbocycles. The predicted molar refractivity (Wildman–Crippen MR) is 85.3 cm³/mol. The van der Waals surface area contributed by atoms with Gasteiger partial charge in [-0.3, -0.25) is 9.59 Å². The Hall–Kier alpha value is -2.14. The molecule has 2 aromatic rings. The van der Waals surface area contributed by atoms with E-state index in [4.69, 9.17) is 0 Å². The number of carbonyl (C=O) groups excluding carboxylic acids is 1. The molecular formula is C17H17NO3S. The fourth-order valence-corrected chi connectivity index (χ4v) is 3.90. The standard InChI is InChI=1S/C17H17NO3S/c1-12-7-10-22-14(12)15(19)18-9-8-17(11-18,16(20)21)13-5-3-2-4-6-13/h2-7,10H,8-9,11H2,1H3,(H,20,21)/t17-/m1/s1. The van der Waals surface area contributed by atoms with Gasteiger partial charge >= 0.3 is 5.97 Å². The van der Waals surface area contributed by atoms with Gasteiger partial charge in [-0.15, -0.1) is 11.3 Å². The van der Waals surface area contributed by atoms with E-state index in [0.29, 0.717) is 17.8 Å². The molecule has 1 atom stereocenters. The SMILES string of the molecule is Cc1ccsc1C(=O)N1CC[C@](C(=O)O)(c2ccccc2)C1. The predicted octanol–water partition coefficient (Wildman–Crippen LogP) is 2.93. The summed E-state index contributed by atoms with van der Waals surface area (Å²) in [6.45, 7) is 2.60. The first-order valence-electron chi connectivity index (χ1n) is 7.17. The van der Waals surface area contributed by atoms with Crippen LogP contribution in [0.4, 0.5) is 0 Å². The number of hydrogen-bond donors (Lipinski definition) is 1. The van der Waals surface area contributed by atoms with E-state index in [1.54, 1.807) is 4.90 Å². The van der Waals surface area contributed by atoms with E-state index < -0.39 is 11.4 Å². The van der Waals surface area contributed by atoms with Gasteiger partial charge in [0.05, 0.1) is 4.88 Å². The van der Waals surface area contributed by atoms with Gasteiger partial charge in [0, 0.05) is 13.1 Å². The number of hydrogen-bond acceptors (Lipinski definition) is 3. The van der Waals surface area contributed by atoms with Crippen LogP contribution in [0.5, 0.6) is 0 Å². The number of amides is 1. The van der Waals surface area contributed by atoms with Crippen molar-refractivity contribution < 1.29 is 14.7 Å². The van der Waals surface area contributed by atoms with Crippen LogP contribution in [0.2, 0.25) is 0 Å². The zero-order chi connectivity index (χ0) is 15.7. The van der Waals surface area contributed by atoms with Crippen LogP contribution >= 0.6 is 11.3 Å². The van der Waals surface area contributed by atoms with Gasteiger partial charge in [0.2, 0.25) is 0 Å². The van der Waals surface area contributed by atoms with Crippen molar-refractivity contribution in [2.75, 3.05) is 13.1 Å². The van der Waals surface area contributed by atoms with E-state index in [1.165, 1.54) is 11.3 Å². The van der Waals surface area contributed by atoms with Gasteiger partial charge in [0.15, 0.2) is 0 Å². The highest BCUT2D eigenvalue weighted by molar-refractivity contribution is 7.12. The molecule has 4 nitrogen and oxygen atoms in total. The molecule has 0 unspecified atom stereocenters. The highest BCUT2D eigenvalue weighted by Crippen LogP contribution is 2.36. The number of carbonyl (C=O) groups is 2.